The largest absolute Gasteiger partial charge is 0.494 e. The van der Waals surface area contributed by atoms with E-state index >= 15 is 0 Å². The molecule has 0 aliphatic rings. The Balaban J connectivity index is 1.00. The number of hydrogen-bond donors (Lipinski definition) is 0. The van der Waals surface area contributed by atoms with Gasteiger partial charge in [0.15, 0.2) is 0 Å². The Morgan fingerprint density at radius 3 is 1.56 bits per heavy atom. The zero-order valence-electron chi connectivity index (χ0n) is 31.1. The molecule has 0 atom stereocenters. The maximum absolute atomic E-state index is 13.7. The number of halogens is 5. The van der Waals surface area contributed by atoms with Crippen molar-refractivity contribution in [2.45, 2.75) is 64.2 Å². The molecular weight excluding hydrogens is 721 g/mol. The Morgan fingerprint density at radius 1 is 0.564 bits per heavy atom. The molecule has 0 heterocycles. The molecule has 0 unspecified atom stereocenters. The van der Waals surface area contributed by atoms with Crippen molar-refractivity contribution >= 4 is 23.7 Å². The lowest BCUT2D eigenvalue weighted by molar-refractivity contribution is -0.138. The van der Waals surface area contributed by atoms with Crippen molar-refractivity contribution in [1.82, 2.24) is 0 Å². The first kappa shape index (κ1) is 42.4. The summed E-state index contributed by atoms with van der Waals surface area (Å²) in [7, 11) is 3.94. The van der Waals surface area contributed by atoms with Crippen molar-refractivity contribution in [3.63, 3.8) is 0 Å². The number of carbonyl (C=O) groups is 2. The summed E-state index contributed by atoms with van der Waals surface area (Å²) in [5.41, 5.74) is 4.09. The van der Waals surface area contributed by atoms with Crippen LogP contribution in [0, 0.1) is 29.1 Å². The van der Waals surface area contributed by atoms with E-state index < -0.39 is 46.8 Å². The van der Waals surface area contributed by atoms with Gasteiger partial charge in [0.2, 0.25) is 34.8 Å². The van der Waals surface area contributed by atoms with E-state index in [1.807, 2.05) is 91.8 Å². The molecule has 0 bridgehead atoms. The maximum atomic E-state index is 13.7. The second kappa shape index (κ2) is 22.1. The molecule has 0 aliphatic heterocycles. The third kappa shape index (κ3) is 13.8. The van der Waals surface area contributed by atoms with Gasteiger partial charge in [-0.3, -0.25) is 4.79 Å². The molecular formula is C43H46F5NO6. The van der Waals surface area contributed by atoms with Crippen LogP contribution in [0.3, 0.4) is 0 Å². The standard InChI is InChI=1S/C43H46F5NO6/c1-49(2)33-20-13-30(14-21-33)15-26-36(50)54-29-11-28-53-35-24-18-32(19-25-35)31-16-22-34(23-17-31)52-27-10-8-6-4-3-5-7-9-12-37(51)55-43-41(47)39(45)38(44)40(46)42(43)48/h13-26H,3-12,27-29H2,1-2H3/b26-15+. The highest BCUT2D eigenvalue weighted by Crippen LogP contribution is 2.30. The van der Waals surface area contributed by atoms with E-state index in [2.05, 4.69) is 4.74 Å². The lowest BCUT2D eigenvalue weighted by Crippen LogP contribution is -2.13. The van der Waals surface area contributed by atoms with Gasteiger partial charge in [-0.1, -0.05) is 74.9 Å². The lowest BCUT2D eigenvalue weighted by Gasteiger charge is -2.11. The highest BCUT2D eigenvalue weighted by molar-refractivity contribution is 5.87. The molecule has 7 nitrogen and oxygen atoms in total. The fourth-order valence-electron chi connectivity index (χ4n) is 5.47. The van der Waals surface area contributed by atoms with Gasteiger partial charge in [0.1, 0.15) is 11.5 Å². The number of hydrogen-bond acceptors (Lipinski definition) is 7. The van der Waals surface area contributed by atoms with Crippen molar-refractivity contribution < 1.29 is 50.5 Å². The summed E-state index contributed by atoms with van der Waals surface area (Å²) in [4.78, 5) is 25.9. The molecule has 0 radical (unpaired) electrons. The van der Waals surface area contributed by atoms with Gasteiger partial charge >= 0.3 is 11.9 Å². The molecule has 4 aromatic rings. The minimum Gasteiger partial charge on any atom is -0.494 e. The van der Waals surface area contributed by atoms with Crippen LogP contribution in [0.4, 0.5) is 27.6 Å². The SMILES string of the molecule is CN(C)c1ccc(/C=C/C(=O)OCCCOc2ccc(-c3ccc(OCCCCCCCCCCC(=O)Oc4c(F)c(F)c(F)c(F)c4F)cc3)cc2)cc1. The van der Waals surface area contributed by atoms with E-state index in [-0.39, 0.29) is 13.0 Å². The van der Waals surface area contributed by atoms with E-state index in [9.17, 15) is 31.5 Å². The van der Waals surface area contributed by atoms with Gasteiger partial charge < -0.3 is 23.8 Å². The Labute approximate surface area is 318 Å². The van der Waals surface area contributed by atoms with E-state index in [1.54, 1.807) is 6.08 Å². The van der Waals surface area contributed by atoms with Gasteiger partial charge in [0.25, 0.3) is 0 Å². The predicted molar refractivity (Wildman–Crippen MR) is 202 cm³/mol. The first-order valence-electron chi connectivity index (χ1n) is 18.3. The van der Waals surface area contributed by atoms with Crippen molar-refractivity contribution in [1.29, 1.82) is 0 Å². The summed E-state index contributed by atoms with van der Waals surface area (Å²) in [6.45, 7) is 1.28. The van der Waals surface area contributed by atoms with Gasteiger partial charge in [-0.15, -0.1) is 0 Å². The van der Waals surface area contributed by atoms with Gasteiger partial charge in [0.05, 0.1) is 19.8 Å². The van der Waals surface area contributed by atoms with Gasteiger partial charge in [-0.05, 0) is 72.0 Å². The number of rotatable bonds is 22. The summed E-state index contributed by atoms with van der Waals surface area (Å²) in [6.07, 6.45) is 10.2. The van der Waals surface area contributed by atoms with E-state index in [0.29, 0.717) is 32.5 Å². The molecule has 55 heavy (non-hydrogen) atoms. The van der Waals surface area contributed by atoms with Crippen molar-refractivity contribution in [3.8, 4) is 28.4 Å². The lowest BCUT2D eigenvalue weighted by atomic mass is 10.1. The summed E-state index contributed by atoms with van der Waals surface area (Å²) in [5, 5.41) is 0. The average molecular weight is 768 g/mol. The second-order valence-corrected chi connectivity index (χ2v) is 13.0. The van der Waals surface area contributed by atoms with Crippen LogP contribution in [0.25, 0.3) is 17.2 Å². The number of anilines is 1. The molecule has 0 aromatic heterocycles. The van der Waals surface area contributed by atoms with Crippen LogP contribution in [0.1, 0.15) is 69.8 Å². The maximum Gasteiger partial charge on any atom is 0.330 e. The van der Waals surface area contributed by atoms with Crippen molar-refractivity contribution in [3.05, 3.63) is 114 Å². The van der Waals surface area contributed by atoms with Crippen molar-refractivity contribution in [2.24, 2.45) is 0 Å². The molecule has 0 saturated heterocycles. The summed E-state index contributed by atoms with van der Waals surface area (Å²) in [5.74, 6) is -12.5. The van der Waals surface area contributed by atoms with Crippen LogP contribution in [0.15, 0.2) is 78.9 Å². The van der Waals surface area contributed by atoms with Crippen LogP contribution in [-0.4, -0.2) is 45.9 Å². The molecule has 0 spiro atoms. The minimum atomic E-state index is -2.31. The molecule has 4 rings (SSSR count). The Hall–Kier alpha value is -5.39. The zero-order chi connectivity index (χ0) is 39.6. The third-order valence-corrected chi connectivity index (χ3v) is 8.59. The van der Waals surface area contributed by atoms with Crippen LogP contribution in [0.2, 0.25) is 0 Å². The highest BCUT2D eigenvalue weighted by Gasteiger charge is 2.28. The quantitative estimate of drug-likeness (QED) is 0.0150. The molecule has 294 valence electrons. The molecule has 4 aromatic carbocycles. The van der Waals surface area contributed by atoms with Crippen molar-refractivity contribution in [2.75, 3.05) is 38.8 Å². The Morgan fingerprint density at radius 2 is 1.04 bits per heavy atom. The van der Waals surface area contributed by atoms with Gasteiger partial charge in [-0.25, -0.2) is 18.0 Å². The smallest absolute Gasteiger partial charge is 0.330 e. The summed E-state index contributed by atoms with van der Waals surface area (Å²) < 4.78 is 88.3. The van der Waals surface area contributed by atoms with Gasteiger partial charge in [0, 0.05) is 38.7 Å². The number of ether oxygens (including phenoxy) is 4. The summed E-state index contributed by atoms with van der Waals surface area (Å²) in [6, 6.07) is 23.5. The van der Waals surface area contributed by atoms with Crippen LogP contribution >= 0.6 is 0 Å². The molecule has 0 fully saturated rings. The van der Waals surface area contributed by atoms with Crippen LogP contribution < -0.4 is 19.1 Å². The Kier molecular flexibility index (Phi) is 17.0. The molecule has 0 aliphatic carbocycles. The number of carbonyl (C=O) groups excluding carboxylic acids is 2. The highest BCUT2D eigenvalue weighted by atomic mass is 19.2. The second-order valence-electron chi connectivity index (χ2n) is 13.0. The monoisotopic (exact) mass is 767 g/mol. The molecule has 0 N–H and O–H groups in total. The average Bonchev–Trinajstić information content (AvgIpc) is 3.19. The fraction of sp³-hybridized carbons (Fsp3) is 0.349. The first-order chi connectivity index (χ1) is 26.5. The Bertz CT molecular complexity index is 1820. The number of unbranched alkanes of at least 4 members (excludes halogenated alkanes) is 7. The van der Waals surface area contributed by atoms with E-state index in [0.717, 1.165) is 72.4 Å². The van der Waals surface area contributed by atoms with E-state index in [4.69, 9.17) is 14.2 Å². The first-order valence-corrected chi connectivity index (χ1v) is 18.3. The number of nitrogens with zero attached hydrogens (tertiary/aromatic N) is 1. The molecule has 0 saturated carbocycles. The van der Waals surface area contributed by atoms with Crippen LogP contribution in [0.5, 0.6) is 17.2 Å². The van der Waals surface area contributed by atoms with Gasteiger partial charge in [-0.2, -0.15) is 8.78 Å². The molecule has 0 amide bonds. The minimum absolute atomic E-state index is 0.199. The normalized spacial score (nSPS) is 11.1. The third-order valence-electron chi connectivity index (χ3n) is 8.59. The van der Waals surface area contributed by atoms with Crippen LogP contribution in [-0.2, 0) is 14.3 Å². The molecule has 12 heteroatoms. The topological polar surface area (TPSA) is 74.3 Å². The van der Waals surface area contributed by atoms with E-state index in [1.165, 1.54) is 6.08 Å². The zero-order valence-corrected chi connectivity index (χ0v) is 31.1. The fourth-order valence-corrected chi connectivity index (χ4v) is 5.47. The summed E-state index contributed by atoms with van der Waals surface area (Å²) >= 11 is 0. The predicted octanol–water partition coefficient (Wildman–Crippen LogP) is 10.6. The number of benzene rings is 4. The number of esters is 2.